The first-order chi connectivity index (χ1) is 15.3. The lowest BCUT2D eigenvalue weighted by Gasteiger charge is -2.34. The Morgan fingerprint density at radius 3 is 2.55 bits per heavy atom. The zero-order valence-corrected chi connectivity index (χ0v) is 18.7. The molecule has 3 aromatic carbocycles. The van der Waals surface area contributed by atoms with E-state index in [1.165, 1.54) is 5.56 Å². The number of para-hydroxylation sites is 1. The second-order valence-corrected chi connectivity index (χ2v) is 8.55. The third-order valence-electron chi connectivity index (χ3n) is 5.58. The first-order valence-electron chi connectivity index (χ1n) is 10.4. The van der Waals surface area contributed by atoms with Crippen LogP contribution < -0.4 is 4.90 Å². The van der Waals surface area contributed by atoms with Gasteiger partial charge in [-0.05, 0) is 57.9 Å². The molecule has 2 heterocycles. The van der Waals surface area contributed by atoms with Crippen molar-refractivity contribution < 1.29 is 4.52 Å². The number of halogens is 1. The number of fused-ring (bicyclic) bond motifs is 1. The summed E-state index contributed by atoms with van der Waals surface area (Å²) in [5, 5.41) is 5.40. The Morgan fingerprint density at radius 2 is 1.68 bits per heavy atom. The second-order valence-electron chi connectivity index (χ2n) is 7.70. The zero-order chi connectivity index (χ0) is 21.0. The highest BCUT2D eigenvalue weighted by Crippen LogP contribution is 2.26. The third-order valence-corrected chi connectivity index (χ3v) is 6.27. The summed E-state index contributed by atoms with van der Waals surface area (Å²) < 4.78 is 6.50. The van der Waals surface area contributed by atoms with Gasteiger partial charge in [-0.2, -0.15) is 0 Å². The topological polar surface area (TPSA) is 32.5 Å². The van der Waals surface area contributed by atoms with Gasteiger partial charge in [-0.25, -0.2) is 0 Å². The van der Waals surface area contributed by atoms with Gasteiger partial charge in [0.2, 0.25) is 0 Å². The molecule has 5 rings (SSSR count). The minimum absolute atomic E-state index is 0.848. The van der Waals surface area contributed by atoms with E-state index in [9.17, 15) is 0 Å². The molecule has 4 aromatic rings. The number of aromatic nitrogens is 1. The van der Waals surface area contributed by atoms with Gasteiger partial charge >= 0.3 is 0 Å². The van der Waals surface area contributed by atoms with E-state index in [4.69, 9.17) is 4.52 Å². The van der Waals surface area contributed by atoms with E-state index in [0.29, 0.717) is 0 Å². The predicted molar refractivity (Wildman–Crippen MR) is 128 cm³/mol. The molecule has 154 valence electrons. The lowest BCUT2D eigenvalue weighted by atomic mass is 10.1. The fourth-order valence-corrected chi connectivity index (χ4v) is 4.31. The van der Waals surface area contributed by atoms with E-state index in [2.05, 4.69) is 73.1 Å². The molecule has 0 bridgehead atoms. The summed E-state index contributed by atoms with van der Waals surface area (Å²) in [5.74, 6) is 7.52. The molecule has 0 atom stereocenters. The van der Waals surface area contributed by atoms with Crippen LogP contribution >= 0.6 is 15.9 Å². The predicted octanol–water partition coefficient (Wildman–Crippen LogP) is 5.31. The first kappa shape index (κ1) is 19.9. The van der Waals surface area contributed by atoms with Crippen LogP contribution in [0.25, 0.3) is 11.0 Å². The molecule has 0 aliphatic carbocycles. The summed E-state index contributed by atoms with van der Waals surface area (Å²) in [7, 11) is 0. The lowest BCUT2D eigenvalue weighted by Crippen LogP contribution is -2.46. The summed E-state index contributed by atoms with van der Waals surface area (Å²) in [5.41, 5.74) is 4.19. The van der Waals surface area contributed by atoms with Crippen molar-refractivity contribution in [3.8, 4) is 11.8 Å². The molecule has 0 radical (unpaired) electrons. The Morgan fingerprint density at radius 1 is 0.871 bits per heavy atom. The summed E-state index contributed by atoms with van der Waals surface area (Å²) in [4.78, 5) is 4.81. The van der Waals surface area contributed by atoms with Crippen molar-refractivity contribution in [2.75, 3.05) is 31.1 Å². The van der Waals surface area contributed by atoms with Crippen molar-refractivity contribution in [1.82, 2.24) is 10.1 Å². The SMILES string of the molecule is Brc1ccccc1C#Cc1cccc(CN2CCN(c3noc4ccccc34)CC2)c1. The molecule has 0 N–H and O–H groups in total. The van der Waals surface area contributed by atoms with Crippen LogP contribution in [0.1, 0.15) is 16.7 Å². The van der Waals surface area contributed by atoms with Gasteiger partial charge in [0.15, 0.2) is 11.4 Å². The van der Waals surface area contributed by atoms with Gasteiger partial charge in [0.1, 0.15) is 0 Å². The van der Waals surface area contributed by atoms with Crippen molar-refractivity contribution >= 4 is 32.7 Å². The highest BCUT2D eigenvalue weighted by atomic mass is 79.9. The molecule has 0 saturated carbocycles. The third kappa shape index (κ3) is 4.51. The smallest absolute Gasteiger partial charge is 0.180 e. The second kappa shape index (κ2) is 8.97. The van der Waals surface area contributed by atoms with Crippen LogP contribution in [0.15, 0.2) is 81.8 Å². The molecule has 0 amide bonds. The van der Waals surface area contributed by atoms with Gasteiger partial charge in [0, 0.05) is 48.3 Å². The van der Waals surface area contributed by atoms with Gasteiger partial charge in [0.05, 0.1) is 5.39 Å². The van der Waals surface area contributed by atoms with E-state index in [1.54, 1.807) is 0 Å². The molecule has 1 fully saturated rings. The molecule has 5 heteroatoms. The number of benzene rings is 3. The molecule has 1 aliphatic rings. The molecular weight excluding hydrogens is 450 g/mol. The summed E-state index contributed by atoms with van der Waals surface area (Å²) >= 11 is 3.56. The Labute approximate surface area is 190 Å². The Bertz CT molecular complexity index is 1260. The van der Waals surface area contributed by atoms with E-state index < -0.39 is 0 Å². The first-order valence-corrected chi connectivity index (χ1v) is 11.2. The number of anilines is 1. The lowest BCUT2D eigenvalue weighted by molar-refractivity contribution is 0.248. The molecule has 1 aromatic heterocycles. The maximum Gasteiger partial charge on any atom is 0.180 e. The monoisotopic (exact) mass is 471 g/mol. The average molecular weight is 472 g/mol. The Hall–Kier alpha value is -3.07. The van der Waals surface area contributed by atoms with Crippen molar-refractivity contribution in [2.45, 2.75) is 6.54 Å². The van der Waals surface area contributed by atoms with Crippen LogP contribution in [0, 0.1) is 11.8 Å². The van der Waals surface area contributed by atoms with Crippen LogP contribution in [0.4, 0.5) is 5.82 Å². The van der Waals surface area contributed by atoms with E-state index >= 15 is 0 Å². The van der Waals surface area contributed by atoms with Crippen molar-refractivity contribution in [3.63, 3.8) is 0 Å². The summed E-state index contributed by atoms with van der Waals surface area (Å²) in [6.07, 6.45) is 0. The van der Waals surface area contributed by atoms with Gasteiger partial charge < -0.3 is 9.42 Å². The number of hydrogen-bond donors (Lipinski definition) is 0. The fourth-order valence-electron chi connectivity index (χ4n) is 3.93. The Kier molecular flexibility index (Phi) is 5.75. The quantitative estimate of drug-likeness (QED) is 0.379. The summed E-state index contributed by atoms with van der Waals surface area (Å²) in [6.45, 7) is 4.80. The molecule has 0 spiro atoms. The van der Waals surface area contributed by atoms with Crippen LogP contribution in [-0.4, -0.2) is 36.2 Å². The van der Waals surface area contributed by atoms with Gasteiger partial charge in [-0.15, -0.1) is 0 Å². The van der Waals surface area contributed by atoms with Crippen LogP contribution in [-0.2, 0) is 6.54 Å². The number of hydrogen-bond acceptors (Lipinski definition) is 4. The number of rotatable bonds is 3. The molecule has 0 unspecified atom stereocenters. The van der Waals surface area contributed by atoms with Crippen LogP contribution in [0.5, 0.6) is 0 Å². The van der Waals surface area contributed by atoms with Crippen LogP contribution in [0.2, 0.25) is 0 Å². The van der Waals surface area contributed by atoms with E-state index in [1.807, 2.05) is 42.5 Å². The van der Waals surface area contributed by atoms with E-state index in [-0.39, 0.29) is 0 Å². The maximum atomic E-state index is 5.48. The van der Waals surface area contributed by atoms with Crippen molar-refractivity contribution in [2.24, 2.45) is 0 Å². The highest BCUT2D eigenvalue weighted by molar-refractivity contribution is 9.10. The van der Waals surface area contributed by atoms with Crippen LogP contribution in [0.3, 0.4) is 0 Å². The number of nitrogens with zero attached hydrogens (tertiary/aromatic N) is 3. The van der Waals surface area contributed by atoms with E-state index in [0.717, 1.165) is 65.1 Å². The molecule has 31 heavy (non-hydrogen) atoms. The van der Waals surface area contributed by atoms with Gasteiger partial charge in [-0.1, -0.05) is 53.4 Å². The molecule has 1 aliphatic heterocycles. The van der Waals surface area contributed by atoms with Crippen molar-refractivity contribution in [1.29, 1.82) is 0 Å². The average Bonchev–Trinajstić information content (AvgIpc) is 3.24. The highest BCUT2D eigenvalue weighted by Gasteiger charge is 2.21. The van der Waals surface area contributed by atoms with Gasteiger partial charge in [0.25, 0.3) is 0 Å². The molecule has 1 saturated heterocycles. The molecular formula is C26H22BrN3O. The minimum atomic E-state index is 0.848. The number of piperazine rings is 1. The standard InChI is InChI=1S/C26H22BrN3O/c27-24-10-3-1-8-22(24)13-12-20-6-5-7-21(18-20)19-29-14-16-30(17-15-29)26-23-9-2-4-11-25(23)31-28-26/h1-11,18H,14-17,19H2. The largest absolute Gasteiger partial charge is 0.354 e. The normalized spacial score (nSPS) is 14.4. The minimum Gasteiger partial charge on any atom is -0.354 e. The van der Waals surface area contributed by atoms with Crippen molar-refractivity contribution in [3.05, 3.63) is 94.0 Å². The van der Waals surface area contributed by atoms with Gasteiger partial charge in [-0.3, -0.25) is 4.90 Å². The molecule has 4 nitrogen and oxygen atoms in total. The summed E-state index contributed by atoms with van der Waals surface area (Å²) in [6, 6.07) is 24.6. The Balaban J connectivity index is 1.23. The maximum absolute atomic E-state index is 5.48. The zero-order valence-electron chi connectivity index (χ0n) is 17.1. The fraction of sp³-hybridized carbons (Fsp3) is 0.192.